The number of aromatic nitrogens is 2. The number of hydrogen-bond acceptors (Lipinski definition) is 2. The molecule has 2 rings (SSSR count). The molecule has 0 bridgehead atoms. The molecule has 0 fully saturated rings. The van der Waals surface area contributed by atoms with E-state index in [0.29, 0.717) is 10.0 Å². The molecular formula is C11H8Cl2N2O2. The summed E-state index contributed by atoms with van der Waals surface area (Å²) in [4.78, 5) is 22.6. The molecule has 1 heterocycles. The molecule has 0 aliphatic heterocycles. The van der Waals surface area contributed by atoms with Crippen LogP contribution in [0.4, 0.5) is 0 Å². The van der Waals surface area contributed by atoms with E-state index in [1.807, 2.05) is 0 Å². The van der Waals surface area contributed by atoms with E-state index in [0.717, 1.165) is 5.56 Å². The summed E-state index contributed by atoms with van der Waals surface area (Å²) >= 11 is 11.6. The normalized spacial score (nSPS) is 10.5. The van der Waals surface area contributed by atoms with Crippen molar-refractivity contribution in [1.29, 1.82) is 0 Å². The minimum absolute atomic E-state index is 0.242. The Kier molecular flexibility index (Phi) is 3.36. The van der Waals surface area contributed by atoms with Gasteiger partial charge in [0.2, 0.25) is 0 Å². The maximum Gasteiger partial charge on any atom is 0.265 e. The second kappa shape index (κ2) is 4.77. The van der Waals surface area contributed by atoms with E-state index in [1.165, 1.54) is 16.8 Å². The van der Waals surface area contributed by atoms with Crippen molar-refractivity contribution in [2.45, 2.75) is 6.54 Å². The van der Waals surface area contributed by atoms with Gasteiger partial charge in [-0.15, -0.1) is 0 Å². The summed E-state index contributed by atoms with van der Waals surface area (Å²) in [6.45, 7) is 0.242. The van der Waals surface area contributed by atoms with Gasteiger partial charge >= 0.3 is 0 Å². The zero-order chi connectivity index (χ0) is 12.4. The van der Waals surface area contributed by atoms with Crippen LogP contribution in [0.15, 0.2) is 39.9 Å². The fourth-order valence-corrected chi connectivity index (χ4v) is 1.72. The molecule has 0 saturated carbocycles. The van der Waals surface area contributed by atoms with Crippen molar-refractivity contribution in [3.8, 4) is 0 Å². The molecular weight excluding hydrogens is 263 g/mol. The predicted octanol–water partition coefficient (Wildman–Crippen LogP) is 1.89. The van der Waals surface area contributed by atoms with Crippen molar-refractivity contribution in [1.82, 2.24) is 9.78 Å². The largest absolute Gasteiger partial charge is 0.268 e. The van der Waals surface area contributed by atoms with Gasteiger partial charge in [-0.25, -0.2) is 4.68 Å². The van der Waals surface area contributed by atoms with Crippen LogP contribution in [0.3, 0.4) is 0 Å². The summed E-state index contributed by atoms with van der Waals surface area (Å²) in [6.07, 6.45) is 0. The van der Waals surface area contributed by atoms with Crippen LogP contribution in [0.1, 0.15) is 5.56 Å². The molecule has 1 N–H and O–H groups in total. The lowest BCUT2D eigenvalue weighted by Gasteiger charge is -2.05. The molecule has 0 radical (unpaired) electrons. The van der Waals surface area contributed by atoms with E-state index in [-0.39, 0.29) is 17.7 Å². The molecule has 88 valence electrons. The molecule has 4 nitrogen and oxygen atoms in total. The van der Waals surface area contributed by atoms with Gasteiger partial charge in [-0.1, -0.05) is 29.3 Å². The summed E-state index contributed by atoms with van der Waals surface area (Å²) < 4.78 is 1.21. The van der Waals surface area contributed by atoms with Gasteiger partial charge in [-0.05, 0) is 17.7 Å². The van der Waals surface area contributed by atoms with Crippen molar-refractivity contribution < 1.29 is 0 Å². The molecule has 0 saturated heterocycles. The van der Waals surface area contributed by atoms with Crippen molar-refractivity contribution in [2.24, 2.45) is 0 Å². The van der Waals surface area contributed by atoms with Crippen LogP contribution in [-0.4, -0.2) is 9.78 Å². The molecule has 0 atom stereocenters. The summed E-state index contributed by atoms with van der Waals surface area (Å²) in [5.74, 6) is 0. The van der Waals surface area contributed by atoms with Gasteiger partial charge in [0.1, 0.15) is 0 Å². The lowest BCUT2D eigenvalue weighted by Crippen LogP contribution is -2.28. The highest BCUT2D eigenvalue weighted by Gasteiger charge is 2.02. The van der Waals surface area contributed by atoms with Gasteiger partial charge in [-0.3, -0.25) is 14.7 Å². The van der Waals surface area contributed by atoms with E-state index >= 15 is 0 Å². The highest BCUT2D eigenvalue weighted by molar-refractivity contribution is 6.42. The Labute approximate surface area is 106 Å². The molecule has 0 amide bonds. The zero-order valence-corrected chi connectivity index (χ0v) is 10.1. The minimum atomic E-state index is -0.329. The molecule has 0 spiro atoms. The van der Waals surface area contributed by atoms with Crippen molar-refractivity contribution in [3.05, 3.63) is 66.6 Å². The third-order valence-corrected chi connectivity index (χ3v) is 2.95. The van der Waals surface area contributed by atoms with Crippen LogP contribution < -0.4 is 11.1 Å². The lowest BCUT2D eigenvalue weighted by atomic mass is 10.2. The van der Waals surface area contributed by atoms with Crippen LogP contribution in [0.25, 0.3) is 0 Å². The Morgan fingerprint density at radius 1 is 1.06 bits per heavy atom. The van der Waals surface area contributed by atoms with Crippen molar-refractivity contribution in [3.63, 3.8) is 0 Å². The van der Waals surface area contributed by atoms with Crippen LogP contribution in [0.2, 0.25) is 10.0 Å². The van der Waals surface area contributed by atoms with E-state index < -0.39 is 0 Å². The Balaban J connectivity index is 2.38. The Bertz CT molecular complexity index is 661. The second-order valence-corrected chi connectivity index (χ2v) is 4.30. The number of rotatable bonds is 2. The van der Waals surface area contributed by atoms with E-state index in [2.05, 4.69) is 5.10 Å². The highest BCUT2D eigenvalue weighted by Crippen LogP contribution is 2.22. The van der Waals surface area contributed by atoms with Crippen LogP contribution in [-0.2, 0) is 6.54 Å². The first-order chi connectivity index (χ1) is 8.06. The van der Waals surface area contributed by atoms with E-state index in [4.69, 9.17) is 23.2 Å². The molecule has 0 aliphatic rings. The second-order valence-electron chi connectivity index (χ2n) is 3.48. The Hall–Kier alpha value is -1.52. The first-order valence-electron chi connectivity index (χ1n) is 4.80. The molecule has 1 aromatic heterocycles. The number of halogens is 2. The smallest absolute Gasteiger partial charge is 0.265 e. The highest BCUT2D eigenvalue weighted by atomic mass is 35.5. The first kappa shape index (κ1) is 12.0. The lowest BCUT2D eigenvalue weighted by molar-refractivity contribution is 0.627. The molecule has 0 unspecified atom stereocenters. The van der Waals surface area contributed by atoms with Crippen molar-refractivity contribution in [2.75, 3.05) is 0 Å². The molecule has 0 aliphatic carbocycles. The van der Waals surface area contributed by atoms with Gasteiger partial charge in [0.15, 0.2) is 0 Å². The molecule has 6 heteroatoms. The van der Waals surface area contributed by atoms with E-state index in [1.54, 1.807) is 18.2 Å². The predicted molar refractivity (Wildman–Crippen MR) is 66.9 cm³/mol. The maximum absolute atomic E-state index is 11.5. The van der Waals surface area contributed by atoms with Gasteiger partial charge in [0.05, 0.1) is 16.6 Å². The van der Waals surface area contributed by atoms with E-state index in [9.17, 15) is 9.59 Å². The molecule has 1 aromatic carbocycles. The fourth-order valence-electron chi connectivity index (χ4n) is 1.40. The number of benzene rings is 1. The average molecular weight is 271 g/mol. The van der Waals surface area contributed by atoms with Crippen LogP contribution in [0.5, 0.6) is 0 Å². The zero-order valence-electron chi connectivity index (χ0n) is 8.61. The standard InChI is InChI=1S/C11H8Cl2N2O2/c12-8-2-1-7(5-9(8)13)6-15-11(17)4-3-10(16)14-15/h1-5H,6H2,(H,14,16). The quantitative estimate of drug-likeness (QED) is 0.906. The number of H-pyrrole nitrogens is 1. The van der Waals surface area contributed by atoms with Crippen LogP contribution >= 0.6 is 23.2 Å². The average Bonchev–Trinajstić information content (AvgIpc) is 2.29. The Morgan fingerprint density at radius 3 is 2.53 bits per heavy atom. The molecule has 17 heavy (non-hydrogen) atoms. The monoisotopic (exact) mass is 270 g/mol. The SMILES string of the molecule is O=c1ccc(=O)n(Cc2ccc(Cl)c(Cl)c2)[nH]1. The fraction of sp³-hybridized carbons (Fsp3) is 0.0909. The van der Waals surface area contributed by atoms with Gasteiger partial charge < -0.3 is 0 Å². The maximum atomic E-state index is 11.5. The van der Waals surface area contributed by atoms with Gasteiger partial charge in [0, 0.05) is 12.1 Å². The van der Waals surface area contributed by atoms with Crippen LogP contribution in [0, 0.1) is 0 Å². The minimum Gasteiger partial charge on any atom is -0.268 e. The summed E-state index contributed by atoms with van der Waals surface area (Å²) in [7, 11) is 0. The Morgan fingerprint density at radius 2 is 1.82 bits per heavy atom. The third-order valence-electron chi connectivity index (χ3n) is 2.21. The topological polar surface area (TPSA) is 54.9 Å². The number of nitrogens with one attached hydrogen (secondary N) is 1. The number of hydrogen-bond donors (Lipinski definition) is 1. The first-order valence-corrected chi connectivity index (χ1v) is 5.56. The molecule has 2 aromatic rings. The number of aromatic amines is 1. The summed E-state index contributed by atoms with van der Waals surface area (Å²) in [5, 5.41) is 3.29. The third kappa shape index (κ3) is 2.78. The summed E-state index contributed by atoms with van der Waals surface area (Å²) in [5.41, 5.74) is 0.170. The van der Waals surface area contributed by atoms with Crippen molar-refractivity contribution >= 4 is 23.2 Å². The number of nitrogens with zero attached hydrogens (tertiary/aromatic N) is 1. The van der Waals surface area contributed by atoms with Gasteiger partial charge in [-0.2, -0.15) is 0 Å². The van der Waals surface area contributed by atoms with Gasteiger partial charge in [0.25, 0.3) is 11.1 Å². The summed E-state index contributed by atoms with van der Waals surface area (Å²) in [6, 6.07) is 7.45.